The lowest BCUT2D eigenvalue weighted by Gasteiger charge is -2.28. The van der Waals surface area contributed by atoms with E-state index in [1.165, 1.54) is 31.7 Å². The molecule has 0 spiro atoms. The van der Waals surface area contributed by atoms with Gasteiger partial charge in [-0.1, -0.05) is 38.7 Å². The van der Waals surface area contributed by atoms with Crippen molar-refractivity contribution in [3.63, 3.8) is 0 Å². The normalized spacial score (nSPS) is 16.8. The molecule has 3 aromatic carbocycles. The van der Waals surface area contributed by atoms with Crippen LogP contribution in [0.4, 0.5) is 26.3 Å². The molecule has 5 rings (SSSR count). The smallest absolute Gasteiger partial charge is 0.429 e. The van der Waals surface area contributed by atoms with Crippen molar-refractivity contribution >= 4 is 0 Å². The van der Waals surface area contributed by atoms with Gasteiger partial charge in [0, 0.05) is 29.6 Å². The monoisotopic (exact) mass is 623 g/mol. The third kappa shape index (κ3) is 7.30. The first kappa shape index (κ1) is 32.0. The molecule has 4 aromatic rings. The molecular formula is C35H31F6N3O. The number of alkyl halides is 2. The lowest BCUT2D eigenvalue weighted by atomic mass is 9.77. The molecule has 1 aliphatic carbocycles. The van der Waals surface area contributed by atoms with Crippen molar-refractivity contribution in [2.45, 2.75) is 70.3 Å². The molecule has 0 aliphatic heterocycles. The number of hydrogen-bond donors (Lipinski definition) is 0. The Kier molecular flexibility index (Phi) is 9.76. The van der Waals surface area contributed by atoms with E-state index in [1.807, 2.05) is 0 Å². The number of benzene rings is 3. The van der Waals surface area contributed by atoms with Crippen LogP contribution in [0.25, 0.3) is 22.5 Å². The molecule has 45 heavy (non-hydrogen) atoms. The summed E-state index contributed by atoms with van der Waals surface area (Å²) in [6.45, 7) is 2.19. The highest BCUT2D eigenvalue weighted by molar-refractivity contribution is 5.66. The van der Waals surface area contributed by atoms with Crippen LogP contribution in [0, 0.1) is 40.5 Å². The average Bonchev–Trinajstić information content (AvgIpc) is 3.01. The molecule has 0 bridgehead atoms. The lowest BCUT2D eigenvalue weighted by Crippen LogP contribution is -2.25. The van der Waals surface area contributed by atoms with Crippen LogP contribution in [0.5, 0.6) is 5.75 Å². The summed E-state index contributed by atoms with van der Waals surface area (Å²) in [7, 11) is 0. The number of ether oxygens (including phenoxy) is 1. The van der Waals surface area contributed by atoms with Gasteiger partial charge in [0.15, 0.2) is 5.82 Å². The molecule has 0 atom stereocenters. The minimum atomic E-state index is -4.51. The zero-order chi connectivity index (χ0) is 32.1. The molecule has 0 unspecified atom stereocenters. The number of hydrogen-bond acceptors (Lipinski definition) is 4. The molecule has 4 nitrogen and oxygen atoms in total. The predicted octanol–water partition coefficient (Wildman–Crippen LogP) is 10.2. The third-order valence-electron chi connectivity index (χ3n) is 8.38. The highest BCUT2D eigenvalue weighted by Gasteiger charge is 2.41. The average molecular weight is 624 g/mol. The summed E-state index contributed by atoms with van der Waals surface area (Å²) in [5, 5.41) is 8.86. The van der Waals surface area contributed by atoms with Crippen molar-refractivity contribution in [1.29, 1.82) is 5.26 Å². The summed E-state index contributed by atoms with van der Waals surface area (Å²) in [6, 6.07) is 9.03. The fraction of sp³-hybridized carbons (Fsp3) is 0.343. The van der Waals surface area contributed by atoms with Crippen molar-refractivity contribution in [3.05, 3.63) is 101 Å². The molecule has 1 aliphatic rings. The Morgan fingerprint density at radius 3 is 2.09 bits per heavy atom. The first-order valence-corrected chi connectivity index (χ1v) is 15.0. The fourth-order valence-electron chi connectivity index (χ4n) is 5.91. The van der Waals surface area contributed by atoms with Crippen molar-refractivity contribution in [3.8, 4) is 34.3 Å². The van der Waals surface area contributed by atoms with Crippen molar-refractivity contribution in [1.82, 2.24) is 9.97 Å². The van der Waals surface area contributed by atoms with Gasteiger partial charge in [-0.15, -0.1) is 0 Å². The quantitative estimate of drug-likeness (QED) is 0.130. The van der Waals surface area contributed by atoms with E-state index in [9.17, 15) is 17.6 Å². The fourth-order valence-corrected chi connectivity index (χ4v) is 5.91. The molecule has 0 saturated heterocycles. The van der Waals surface area contributed by atoms with Gasteiger partial charge in [-0.2, -0.15) is 14.0 Å². The highest BCUT2D eigenvalue weighted by Crippen LogP contribution is 2.39. The van der Waals surface area contributed by atoms with E-state index in [4.69, 9.17) is 5.26 Å². The van der Waals surface area contributed by atoms with Crippen LogP contribution in [-0.2, 0) is 6.11 Å². The van der Waals surface area contributed by atoms with Crippen molar-refractivity contribution in [2.75, 3.05) is 0 Å². The van der Waals surface area contributed by atoms with Crippen LogP contribution in [0.3, 0.4) is 0 Å². The van der Waals surface area contributed by atoms with Gasteiger partial charge in [0.1, 0.15) is 40.7 Å². The summed E-state index contributed by atoms with van der Waals surface area (Å²) in [5.41, 5.74) is -1.20. The summed E-state index contributed by atoms with van der Waals surface area (Å²) < 4.78 is 93.3. The zero-order valence-corrected chi connectivity index (χ0v) is 24.6. The lowest BCUT2D eigenvalue weighted by molar-refractivity contribution is -0.189. The van der Waals surface area contributed by atoms with Gasteiger partial charge in [-0.05, 0) is 85.0 Å². The first-order chi connectivity index (χ1) is 21.6. The van der Waals surface area contributed by atoms with Crippen LogP contribution in [0.1, 0.15) is 80.9 Å². The van der Waals surface area contributed by atoms with Crippen molar-refractivity contribution in [2.24, 2.45) is 5.92 Å². The van der Waals surface area contributed by atoms with E-state index in [2.05, 4.69) is 21.6 Å². The molecule has 0 N–H and O–H groups in total. The summed E-state index contributed by atoms with van der Waals surface area (Å²) in [5.74, 6) is -4.81. The molecule has 1 heterocycles. The Bertz CT molecular complexity index is 1670. The summed E-state index contributed by atoms with van der Waals surface area (Å²) in [4.78, 5) is 8.52. The molecular weight excluding hydrogens is 592 g/mol. The van der Waals surface area contributed by atoms with Crippen molar-refractivity contribution < 1.29 is 31.1 Å². The SMILES string of the molecule is CCCCCC1CCC(c2cnc(-c3cc(F)c(C(F)(F)Oc4ccc(-c5ccc(C#N)c(F)c5)c(F)c4)c(F)c3)nc2)CC1. The molecule has 1 fully saturated rings. The third-order valence-corrected chi connectivity index (χ3v) is 8.38. The number of rotatable bonds is 10. The van der Waals surface area contributed by atoms with Gasteiger partial charge in [-0.25, -0.2) is 27.5 Å². The van der Waals surface area contributed by atoms with Crippen LogP contribution < -0.4 is 4.74 Å². The Morgan fingerprint density at radius 1 is 0.822 bits per heavy atom. The largest absolute Gasteiger partial charge is 0.432 e. The van der Waals surface area contributed by atoms with Crippen LogP contribution in [0.2, 0.25) is 0 Å². The molecule has 0 amide bonds. The number of aromatic nitrogens is 2. The second-order valence-electron chi connectivity index (χ2n) is 11.4. The topological polar surface area (TPSA) is 58.8 Å². The van der Waals surface area contributed by atoms with Gasteiger partial charge in [-0.3, -0.25) is 0 Å². The van der Waals surface area contributed by atoms with E-state index in [-0.39, 0.29) is 28.1 Å². The van der Waals surface area contributed by atoms with E-state index in [1.54, 1.807) is 18.5 Å². The van der Waals surface area contributed by atoms with E-state index >= 15 is 8.78 Å². The second kappa shape index (κ2) is 13.7. The maximum absolute atomic E-state index is 15.0. The van der Waals surface area contributed by atoms with E-state index in [0.717, 1.165) is 61.4 Å². The van der Waals surface area contributed by atoms with Crippen LogP contribution >= 0.6 is 0 Å². The van der Waals surface area contributed by atoms with Gasteiger partial charge < -0.3 is 4.74 Å². The Balaban J connectivity index is 1.28. The predicted molar refractivity (Wildman–Crippen MR) is 157 cm³/mol. The number of halogens is 6. The number of nitriles is 1. The summed E-state index contributed by atoms with van der Waals surface area (Å²) >= 11 is 0. The van der Waals surface area contributed by atoms with Gasteiger partial charge in [0.25, 0.3) is 0 Å². The Labute approximate surface area is 257 Å². The highest BCUT2D eigenvalue weighted by atomic mass is 19.3. The summed E-state index contributed by atoms with van der Waals surface area (Å²) in [6.07, 6.45) is 8.00. The maximum Gasteiger partial charge on any atom is 0.432 e. The maximum atomic E-state index is 15.0. The standard InChI is InChI=1S/C35H31F6N3O/c1-2-3-4-5-21-6-8-22(9-7-21)26-19-43-34(44-20-26)25-15-31(38)33(32(39)16-25)35(40,41)45-27-12-13-28(30(37)17-27)23-10-11-24(18-42)29(36)14-23/h10-17,19-22H,2-9H2,1H3. The van der Waals surface area contributed by atoms with E-state index < -0.39 is 40.7 Å². The van der Waals surface area contributed by atoms with Gasteiger partial charge in [0.2, 0.25) is 0 Å². The minimum Gasteiger partial charge on any atom is -0.429 e. The Morgan fingerprint density at radius 2 is 1.49 bits per heavy atom. The first-order valence-electron chi connectivity index (χ1n) is 15.0. The Hall–Kier alpha value is -4.39. The second-order valence-corrected chi connectivity index (χ2v) is 11.4. The molecule has 234 valence electrons. The van der Waals surface area contributed by atoms with Crippen LogP contribution in [0.15, 0.2) is 60.9 Å². The molecule has 10 heteroatoms. The molecule has 1 saturated carbocycles. The minimum absolute atomic E-state index is 0.0162. The van der Waals surface area contributed by atoms with Gasteiger partial charge >= 0.3 is 6.11 Å². The molecule has 1 aromatic heterocycles. The zero-order valence-electron chi connectivity index (χ0n) is 24.6. The van der Waals surface area contributed by atoms with Crippen LogP contribution in [-0.4, -0.2) is 9.97 Å². The molecule has 0 radical (unpaired) electrons. The van der Waals surface area contributed by atoms with E-state index in [0.29, 0.717) is 24.1 Å². The number of unbranched alkanes of at least 4 members (excludes halogenated alkanes) is 2. The van der Waals surface area contributed by atoms with Gasteiger partial charge in [0.05, 0.1) is 5.56 Å². The number of nitrogens with zero attached hydrogens (tertiary/aromatic N) is 3.